The van der Waals surface area contributed by atoms with Crippen LogP contribution in [0, 0.1) is 11.8 Å². The Bertz CT molecular complexity index is 259. The lowest BCUT2D eigenvalue weighted by atomic mass is 9.85. The van der Waals surface area contributed by atoms with E-state index in [0.29, 0.717) is 12.8 Å². The molecule has 0 saturated carbocycles. The zero-order valence-corrected chi connectivity index (χ0v) is 7.14. The van der Waals surface area contributed by atoms with Gasteiger partial charge < -0.3 is 5.11 Å². The number of fused-ring (bicyclic) bond motifs is 1. The summed E-state index contributed by atoms with van der Waals surface area (Å²) >= 11 is 0. The number of likely N-dealkylation sites (tertiary alicyclic amines) is 1. The van der Waals surface area contributed by atoms with E-state index in [9.17, 15) is 9.59 Å². The molecule has 2 rings (SSSR count). The number of aliphatic hydroxyl groups excluding tert-OH is 1. The molecule has 0 radical (unpaired) electrons. The van der Waals surface area contributed by atoms with Crippen LogP contribution in [0.25, 0.3) is 0 Å². The quantitative estimate of drug-likeness (QED) is 0.453. The standard InChI is InChI=1S/C9H11NO3/c11-5-10-8(12)6-3-1-2-4-7(6)9(10)13/h1-2,6-7,11H,3-5H2/t6-,7+. The molecule has 1 aliphatic heterocycles. The van der Waals surface area contributed by atoms with Gasteiger partial charge in [0.2, 0.25) is 11.8 Å². The van der Waals surface area contributed by atoms with Gasteiger partial charge >= 0.3 is 0 Å². The van der Waals surface area contributed by atoms with E-state index >= 15 is 0 Å². The van der Waals surface area contributed by atoms with Gasteiger partial charge in [0.05, 0.1) is 11.8 Å². The average molecular weight is 181 g/mol. The third-order valence-corrected chi connectivity index (χ3v) is 2.74. The van der Waals surface area contributed by atoms with Gasteiger partial charge in [0.1, 0.15) is 6.73 Å². The second-order valence-corrected chi connectivity index (χ2v) is 3.40. The maximum absolute atomic E-state index is 11.5. The van der Waals surface area contributed by atoms with Crippen LogP contribution in [0.15, 0.2) is 12.2 Å². The fourth-order valence-electron chi connectivity index (χ4n) is 2.01. The summed E-state index contributed by atoms with van der Waals surface area (Å²) in [4.78, 5) is 23.9. The Morgan fingerprint density at radius 3 is 2.08 bits per heavy atom. The zero-order valence-electron chi connectivity index (χ0n) is 7.14. The Morgan fingerprint density at radius 1 is 1.23 bits per heavy atom. The second-order valence-electron chi connectivity index (χ2n) is 3.40. The van der Waals surface area contributed by atoms with E-state index in [1.807, 2.05) is 12.2 Å². The van der Waals surface area contributed by atoms with E-state index in [4.69, 9.17) is 5.11 Å². The lowest BCUT2D eigenvalue weighted by molar-refractivity contribution is -0.143. The van der Waals surface area contributed by atoms with Crippen molar-refractivity contribution in [1.82, 2.24) is 4.90 Å². The molecule has 70 valence electrons. The highest BCUT2D eigenvalue weighted by Crippen LogP contribution is 2.34. The molecule has 0 aromatic carbocycles. The molecule has 0 aromatic rings. The minimum Gasteiger partial charge on any atom is -0.376 e. The Hall–Kier alpha value is -1.16. The first-order chi connectivity index (χ1) is 6.25. The van der Waals surface area contributed by atoms with Gasteiger partial charge in [-0.25, -0.2) is 0 Å². The van der Waals surface area contributed by atoms with Crippen LogP contribution >= 0.6 is 0 Å². The molecule has 1 fully saturated rings. The molecule has 4 nitrogen and oxygen atoms in total. The number of carbonyl (C=O) groups is 2. The summed E-state index contributed by atoms with van der Waals surface area (Å²) in [7, 11) is 0. The van der Waals surface area contributed by atoms with Gasteiger partial charge in [0, 0.05) is 0 Å². The Balaban J connectivity index is 2.27. The van der Waals surface area contributed by atoms with Crippen molar-refractivity contribution in [2.75, 3.05) is 6.73 Å². The molecule has 1 N–H and O–H groups in total. The van der Waals surface area contributed by atoms with Crippen LogP contribution in [0.2, 0.25) is 0 Å². The minimum atomic E-state index is -0.481. The number of allylic oxidation sites excluding steroid dienone is 2. The second kappa shape index (κ2) is 2.96. The molecule has 1 heterocycles. The number of amides is 2. The fourth-order valence-corrected chi connectivity index (χ4v) is 2.01. The number of hydrogen-bond acceptors (Lipinski definition) is 3. The topological polar surface area (TPSA) is 57.6 Å². The van der Waals surface area contributed by atoms with Gasteiger partial charge in [0.15, 0.2) is 0 Å². The lowest BCUT2D eigenvalue weighted by Crippen LogP contribution is -2.31. The maximum atomic E-state index is 11.5. The third kappa shape index (κ3) is 1.09. The summed E-state index contributed by atoms with van der Waals surface area (Å²) in [6.45, 7) is -0.481. The van der Waals surface area contributed by atoms with Crippen LogP contribution in [-0.2, 0) is 9.59 Å². The number of imide groups is 1. The van der Waals surface area contributed by atoms with Crippen molar-refractivity contribution in [2.24, 2.45) is 11.8 Å². The number of carbonyl (C=O) groups excluding carboxylic acids is 2. The first kappa shape index (κ1) is 8.44. The molecule has 2 atom stereocenters. The van der Waals surface area contributed by atoms with Crippen LogP contribution in [0.5, 0.6) is 0 Å². The summed E-state index contributed by atoms with van der Waals surface area (Å²) < 4.78 is 0. The molecular weight excluding hydrogens is 170 g/mol. The summed E-state index contributed by atoms with van der Waals surface area (Å²) in [5.41, 5.74) is 0. The molecule has 4 heteroatoms. The smallest absolute Gasteiger partial charge is 0.235 e. The highest BCUT2D eigenvalue weighted by molar-refractivity contribution is 6.05. The van der Waals surface area contributed by atoms with Crippen LogP contribution < -0.4 is 0 Å². The Kier molecular flexibility index (Phi) is 1.92. The van der Waals surface area contributed by atoms with Gasteiger partial charge in [0.25, 0.3) is 0 Å². The van der Waals surface area contributed by atoms with E-state index in [1.165, 1.54) is 0 Å². The van der Waals surface area contributed by atoms with Gasteiger partial charge in [-0.3, -0.25) is 14.5 Å². The van der Waals surface area contributed by atoms with Crippen molar-refractivity contribution in [3.8, 4) is 0 Å². The average Bonchev–Trinajstić information content (AvgIpc) is 2.41. The summed E-state index contributed by atoms with van der Waals surface area (Å²) in [6.07, 6.45) is 5.11. The van der Waals surface area contributed by atoms with Gasteiger partial charge in [-0.05, 0) is 12.8 Å². The number of hydrogen-bond donors (Lipinski definition) is 1. The monoisotopic (exact) mass is 181 g/mol. The zero-order chi connectivity index (χ0) is 9.42. The molecule has 2 amide bonds. The molecular formula is C9H11NO3. The normalized spacial score (nSPS) is 32.5. The first-order valence-corrected chi connectivity index (χ1v) is 4.36. The molecule has 0 bridgehead atoms. The SMILES string of the molecule is O=C1[C@H]2CC=CC[C@H]2C(=O)N1CO. The highest BCUT2D eigenvalue weighted by Gasteiger charge is 2.46. The first-order valence-electron chi connectivity index (χ1n) is 4.36. The molecule has 13 heavy (non-hydrogen) atoms. The summed E-state index contributed by atoms with van der Waals surface area (Å²) in [5.74, 6) is -0.877. The number of rotatable bonds is 1. The van der Waals surface area contributed by atoms with Crippen molar-refractivity contribution in [3.63, 3.8) is 0 Å². The number of nitrogens with zero attached hydrogens (tertiary/aromatic N) is 1. The van der Waals surface area contributed by atoms with Crippen LogP contribution in [-0.4, -0.2) is 28.6 Å². The van der Waals surface area contributed by atoms with Crippen LogP contribution in [0.3, 0.4) is 0 Å². The Morgan fingerprint density at radius 2 is 1.69 bits per heavy atom. The molecule has 1 aliphatic carbocycles. The van der Waals surface area contributed by atoms with Crippen molar-refractivity contribution in [3.05, 3.63) is 12.2 Å². The molecule has 0 aromatic heterocycles. The van der Waals surface area contributed by atoms with Gasteiger partial charge in [-0.2, -0.15) is 0 Å². The molecule has 0 unspecified atom stereocenters. The largest absolute Gasteiger partial charge is 0.376 e. The maximum Gasteiger partial charge on any atom is 0.235 e. The van der Waals surface area contributed by atoms with Crippen molar-refractivity contribution < 1.29 is 14.7 Å². The van der Waals surface area contributed by atoms with Crippen molar-refractivity contribution in [1.29, 1.82) is 0 Å². The van der Waals surface area contributed by atoms with Gasteiger partial charge in [-0.1, -0.05) is 12.2 Å². The summed E-state index contributed by atoms with van der Waals surface area (Å²) in [5, 5.41) is 8.82. The van der Waals surface area contributed by atoms with E-state index in [2.05, 4.69) is 0 Å². The van der Waals surface area contributed by atoms with Crippen molar-refractivity contribution >= 4 is 11.8 Å². The molecule has 0 spiro atoms. The van der Waals surface area contributed by atoms with E-state index in [0.717, 1.165) is 4.90 Å². The lowest BCUT2D eigenvalue weighted by Gasteiger charge is -2.14. The summed E-state index contributed by atoms with van der Waals surface area (Å²) in [6, 6.07) is 0. The van der Waals surface area contributed by atoms with Gasteiger partial charge in [-0.15, -0.1) is 0 Å². The van der Waals surface area contributed by atoms with E-state index in [1.54, 1.807) is 0 Å². The van der Waals surface area contributed by atoms with Crippen LogP contribution in [0.4, 0.5) is 0 Å². The predicted molar refractivity (Wildman–Crippen MR) is 44.3 cm³/mol. The van der Waals surface area contributed by atoms with E-state index in [-0.39, 0.29) is 23.7 Å². The fraction of sp³-hybridized carbons (Fsp3) is 0.556. The molecule has 1 saturated heterocycles. The minimum absolute atomic E-state index is 0.218. The molecule has 2 aliphatic rings. The highest BCUT2D eigenvalue weighted by atomic mass is 16.3. The van der Waals surface area contributed by atoms with Crippen LogP contribution in [0.1, 0.15) is 12.8 Å². The van der Waals surface area contributed by atoms with Crippen molar-refractivity contribution in [2.45, 2.75) is 12.8 Å². The van der Waals surface area contributed by atoms with E-state index < -0.39 is 6.73 Å². The Labute approximate surface area is 75.8 Å². The predicted octanol–water partition coefficient (Wildman–Crippen LogP) is -0.113. The third-order valence-electron chi connectivity index (χ3n) is 2.74. The number of aliphatic hydroxyl groups is 1.